The lowest BCUT2D eigenvalue weighted by Gasteiger charge is -2.31. The van der Waals surface area contributed by atoms with Crippen molar-refractivity contribution in [1.29, 1.82) is 0 Å². The lowest BCUT2D eigenvalue weighted by atomic mass is 9.99. The third kappa shape index (κ3) is 6.72. The van der Waals surface area contributed by atoms with Crippen LogP contribution in [-0.4, -0.2) is 44.0 Å². The van der Waals surface area contributed by atoms with E-state index in [1.165, 1.54) is 4.31 Å². The number of carbonyl (C=O) groups excluding carboxylic acids is 1. The maximum atomic E-state index is 12.6. The van der Waals surface area contributed by atoms with Gasteiger partial charge in [-0.3, -0.25) is 4.79 Å². The first-order valence-electron chi connectivity index (χ1n) is 9.82. The third-order valence-electron chi connectivity index (χ3n) is 4.94. The molecule has 0 aliphatic carbocycles. The van der Waals surface area contributed by atoms with Gasteiger partial charge in [0.05, 0.1) is 11.7 Å². The average molecular weight is 381 g/mol. The molecule has 0 spiro atoms. The highest BCUT2D eigenvalue weighted by Gasteiger charge is 2.31. The summed E-state index contributed by atoms with van der Waals surface area (Å²) < 4.78 is 26.8. The van der Waals surface area contributed by atoms with Crippen LogP contribution in [0.2, 0.25) is 0 Å². The zero-order valence-corrected chi connectivity index (χ0v) is 16.6. The van der Waals surface area contributed by atoms with Gasteiger partial charge >= 0.3 is 0 Å². The minimum absolute atomic E-state index is 0.00490. The number of piperidine rings is 1. The predicted molar refractivity (Wildman–Crippen MR) is 105 cm³/mol. The van der Waals surface area contributed by atoms with Crippen molar-refractivity contribution in [3.63, 3.8) is 0 Å². The molecule has 1 saturated heterocycles. The molecule has 6 heteroatoms. The van der Waals surface area contributed by atoms with Gasteiger partial charge in [0, 0.05) is 19.6 Å². The number of hydrogen-bond acceptors (Lipinski definition) is 3. The number of amides is 1. The number of rotatable bonds is 10. The van der Waals surface area contributed by atoms with Crippen molar-refractivity contribution in [3.8, 4) is 0 Å². The summed E-state index contributed by atoms with van der Waals surface area (Å²) >= 11 is 0. The van der Waals surface area contributed by atoms with Gasteiger partial charge in [-0.15, -0.1) is 0 Å². The van der Waals surface area contributed by atoms with Crippen LogP contribution in [0.25, 0.3) is 0 Å². The number of sulfonamides is 1. The molecule has 0 radical (unpaired) electrons. The molecule has 1 fully saturated rings. The molecule has 1 aromatic carbocycles. The van der Waals surface area contributed by atoms with Crippen LogP contribution in [0.5, 0.6) is 0 Å². The lowest BCUT2D eigenvalue weighted by Crippen LogP contribution is -2.46. The lowest BCUT2D eigenvalue weighted by molar-refractivity contribution is -0.126. The Bertz CT molecular complexity index is 646. The van der Waals surface area contributed by atoms with E-state index < -0.39 is 10.0 Å². The highest BCUT2D eigenvalue weighted by Crippen LogP contribution is 2.20. The number of carbonyl (C=O) groups is 1. The number of nitrogens with zero attached hydrogens (tertiary/aromatic N) is 1. The standard InChI is InChI=1S/C20H32N2O3S/c1-2-3-7-14-21-20(23)19-13-8-15-22(17-19)26(24,25)16-9-12-18-10-5-4-6-11-18/h4-6,10-11,19H,2-3,7-9,12-17H2,1H3,(H,21,23)/t19-/m0/s1. The molecule has 26 heavy (non-hydrogen) atoms. The quantitative estimate of drug-likeness (QED) is 0.635. The van der Waals surface area contributed by atoms with Gasteiger partial charge < -0.3 is 5.32 Å². The number of aryl methyl sites for hydroxylation is 1. The molecule has 1 aliphatic rings. The van der Waals surface area contributed by atoms with Gasteiger partial charge in [-0.1, -0.05) is 50.1 Å². The van der Waals surface area contributed by atoms with Crippen molar-refractivity contribution >= 4 is 15.9 Å². The van der Waals surface area contributed by atoms with E-state index >= 15 is 0 Å². The minimum Gasteiger partial charge on any atom is -0.356 e. The van der Waals surface area contributed by atoms with Crippen LogP contribution in [-0.2, 0) is 21.2 Å². The fourth-order valence-electron chi connectivity index (χ4n) is 3.37. The summed E-state index contributed by atoms with van der Waals surface area (Å²) in [4.78, 5) is 12.3. The maximum Gasteiger partial charge on any atom is 0.224 e. The molecule has 1 amide bonds. The average Bonchev–Trinajstić information content (AvgIpc) is 2.66. The van der Waals surface area contributed by atoms with E-state index in [4.69, 9.17) is 0 Å². The van der Waals surface area contributed by atoms with Gasteiger partial charge in [-0.05, 0) is 37.7 Å². The van der Waals surface area contributed by atoms with Crippen LogP contribution in [0.3, 0.4) is 0 Å². The normalized spacial score (nSPS) is 18.6. The maximum absolute atomic E-state index is 12.6. The van der Waals surface area contributed by atoms with Crippen LogP contribution in [0.15, 0.2) is 30.3 Å². The Kier molecular flexibility index (Phi) is 8.59. The molecule has 1 atom stereocenters. The van der Waals surface area contributed by atoms with Crippen LogP contribution in [0.4, 0.5) is 0 Å². The Balaban J connectivity index is 1.79. The Labute approximate surface area is 158 Å². The Morgan fingerprint density at radius 3 is 2.69 bits per heavy atom. The molecule has 1 aliphatic heterocycles. The van der Waals surface area contributed by atoms with Gasteiger partial charge in [-0.25, -0.2) is 12.7 Å². The molecule has 1 N–H and O–H groups in total. The van der Waals surface area contributed by atoms with Gasteiger partial charge in [0.15, 0.2) is 0 Å². The van der Waals surface area contributed by atoms with E-state index in [1.807, 2.05) is 30.3 Å². The molecule has 5 nitrogen and oxygen atoms in total. The molecular formula is C20H32N2O3S. The van der Waals surface area contributed by atoms with Crippen LogP contribution < -0.4 is 5.32 Å². The zero-order valence-electron chi connectivity index (χ0n) is 15.8. The number of hydrogen-bond donors (Lipinski definition) is 1. The zero-order chi connectivity index (χ0) is 18.8. The fraction of sp³-hybridized carbons (Fsp3) is 0.650. The molecule has 0 unspecified atom stereocenters. The molecular weight excluding hydrogens is 348 g/mol. The summed E-state index contributed by atoms with van der Waals surface area (Å²) in [5, 5.41) is 2.96. The van der Waals surface area contributed by atoms with Crippen LogP contribution in [0.1, 0.15) is 51.0 Å². The minimum atomic E-state index is -3.30. The van der Waals surface area contributed by atoms with Crippen LogP contribution in [0, 0.1) is 5.92 Å². The second-order valence-corrected chi connectivity index (χ2v) is 9.19. The molecule has 0 saturated carbocycles. The molecule has 1 heterocycles. The van der Waals surface area contributed by atoms with Gasteiger partial charge in [0.1, 0.15) is 0 Å². The number of unbranched alkanes of at least 4 members (excludes halogenated alkanes) is 2. The molecule has 1 aromatic rings. The van der Waals surface area contributed by atoms with Gasteiger partial charge in [0.2, 0.25) is 15.9 Å². The van der Waals surface area contributed by atoms with E-state index in [2.05, 4.69) is 12.2 Å². The predicted octanol–water partition coefficient (Wildman–Crippen LogP) is 2.97. The van der Waals surface area contributed by atoms with Crippen molar-refractivity contribution < 1.29 is 13.2 Å². The monoisotopic (exact) mass is 380 g/mol. The second-order valence-electron chi connectivity index (χ2n) is 7.10. The summed E-state index contributed by atoms with van der Waals surface area (Å²) in [7, 11) is -3.30. The largest absolute Gasteiger partial charge is 0.356 e. The topological polar surface area (TPSA) is 66.5 Å². The highest BCUT2D eigenvalue weighted by atomic mass is 32.2. The van der Waals surface area contributed by atoms with Gasteiger partial charge in [-0.2, -0.15) is 0 Å². The van der Waals surface area contributed by atoms with Crippen molar-refractivity contribution in [3.05, 3.63) is 35.9 Å². The third-order valence-corrected chi connectivity index (χ3v) is 6.86. The Hall–Kier alpha value is -1.40. The fourth-order valence-corrected chi connectivity index (χ4v) is 4.95. The summed E-state index contributed by atoms with van der Waals surface area (Å²) in [5.74, 6) is -0.0632. The van der Waals surface area contributed by atoms with E-state index in [9.17, 15) is 13.2 Å². The smallest absolute Gasteiger partial charge is 0.224 e. The summed E-state index contributed by atoms with van der Waals surface area (Å²) in [5.41, 5.74) is 1.16. The first-order chi connectivity index (χ1) is 12.5. The highest BCUT2D eigenvalue weighted by molar-refractivity contribution is 7.89. The molecule has 0 aromatic heterocycles. The summed E-state index contributed by atoms with van der Waals surface area (Å²) in [6.07, 6.45) is 6.10. The first kappa shape index (κ1) is 20.9. The first-order valence-corrected chi connectivity index (χ1v) is 11.4. The van der Waals surface area contributed by atoms with Gasteiger partial charge in [0.25, 0.3) is 0 Å². The summed E-state index contributed by atoms with van der Waals surface area (Å²) in [6.45, 7) is 3.68. The second kappa shape index (κ2) is 10.7. The van der Waals surface area contributed by atoms with Crippen molar-refractivity contribution in [2.75, 3.05) is 25.4 Å². The SMILES string of the molecule is CCCCCNC(=O)[C@H]1CCCN(S(=O)(=O)CCCc2ccccc2)C1. The Morgan fingerprint density at radius 1 is 1.19 bits per heavy atom. The van der Waals surface area contributed by atoms with E-state index in [-0.39, 0.29) is 17.6 Å². The molecule has 146 valence electrons. The van der Waals surface area contributed by atoms with Crippen LogP contribution >= 0.6 is 0 Å². The molecule has 2 rings (SSSR count). The molecule has 0 bridgehead atoms. The van der Waals surface area contributed by atoms with E-state index in [1.54, 1.807) is 0 Å². The van der Waals surface area contributed by atoms with E-state index in [0.717, 1.165) is 44.1 Å². The number of nitrogens with one attached hydrogen (secondary N) is 1. The van der Waals surface area contributed by atoms with Crippen molar-refractivity contribution in [1.82, 2.24) is 9.62 Å². The van der Waals surface area contributed by atoms with E-state index in [0.29, 0.717) is 26.1 Å². The summed E-state index contributed by atoms with van der Waals surface area (Å²) in [6, 6.07) is 9.94. The number of benzene rings is 1. The van der Waals surface area contributed by atoms with Crippen molar-refractivity contribution in [2.24, 2.45) is 5.92 Å². The Morgan fingerprint density at radius 2 is 1.96 bits per heavy atom. The van der Waals surface area contributed by atoms with Crippen molar-refractivity contribution in [2.45, 2.75) is 51.9 Å².